The molecule has 1 aliphatic carbocycles. The average Bonchev–Trinajstić information content (AvgIpc) is 3.19. The van der Waals surface area contributed by atoms with Gasteiger partial charge in [0, 0.05) is 22.4 Å². The van der Waals surface area contributed by atoms with Gasteiger partial charge < -0.3 is 5.32 Å². The Hall–Kier alpha value is -1.71. The van der Waals surface area contributed by atoms with E-state index in [1.54, 1.807) is 12.5 Å². The van der Waals surface area contributed by atoms with E-state index >= 15 is 0 Å². The van der Waals surface area contributed by atoms with Crippen LogP contribution in [0.5, 0.6) is 0 Å². The molecule has 114 valence electrons. The van der Waals surface area contributed by atoms with E-state index in [0.717, 1.165) is 36.1 Å². The molecule has 22 heavy (non-hydrogen) atoms. The summed E-state index contributed by atoms with van der Waals surface area (Å²) in [6.07, 6.45) is 10.6. The maximum absolute atomic E-state index is 4.39. The van der Waals surface area contributed by atoms with Crippen molar-refractivity contribution in [2.45, 2.75) is 35.3 Å². The van der Waals surface area contributed by atoms with Gasteiger partial charge in [-0.2, -0.15) is 10.2 Å². The zero-order valence-corrected chi connectivity index (χ0v) is 14.0. The number of nitrogens with one attached hydrogen (secondary N) is 2. The van der Waals surface area contributed by atoms with Crippen LogP contribution in [-0.4, -0.2) is 39.9 Å². The quantitative estimate of drug-likeness (QED) is 0.513. The number of aromatic amines is 1. The highest BCUT2D eigenvalue weighted by atomic mass is 127. The number of hydrogen-bond donors (Lipinski definition) is 2. The van der Waals surface area contributed by atoms with Crippen LogP contribution in [0.4, 0.5) is 5.82 Å². The molecule has 3 unspecified atom stereocenters. The predicted molar refractivity (Wildman–Crippen MR) is 92.0 cm³/mol. The fraction of sp³-hybridized carbons (Fsp3) is 0.429. The summed E-state index contributed by atoms with van der Waals surface area (Å²) in [4.78, 5) is 8.54. The van der Waals surface area contributed by atoms with Crippen LogP contribution in [0, 0.1) is 0 Å². The van der Waals surface area contributed by atoms with E-state index in [2.05, 4.69) is 64.1 Å². The molecule has 7 nitrogen and oxygen atoms in total. The lowest BCUT2D eigenvalue weighted by molar-refractivity contribution is 0.332. The summed E-state index contributed by atoms with van der Waals surface area (Å²) in [5, 5.41) is 15.8. The molecule has 3 atom stereocenters. The maximum atomic E-state index is 4.39. The largest absolute Gasteiger partial charge is 0.367 e. The Morgan fingerprint density at radius 3 is 3.09 bits per heavy atom. The van der Waals surface area contributed by atoms with Gasteiger partial charge in [-0.1, -0.05) is 22.6 Å². The highest BCUT2D eigenvalue weighted by Crippen LogP contribution is 2.35. The van der Waals surface area contributed by atoms with Crippen LogP contribution >= 0.6 is 22.6 Å². The number of alkyl halides is 1. The molecule has 0 aliphatic heterocycles. The average molecular weight is 409 g/mol. The molecular weight excluding hydrogens is 393 g/mol. The second-order valence-corrected chi connectivity index (χ2v) is 7.18. The fourth-order valence-electron chi connectivity index (χ4n) is 3.08. The monoisotopic (exact) mass is 409 g/mol. The summed E-state index contributed by atoms with van der Waals surface area (Å²) in [6.45, 7) is 0. The van der Waals surface area contributed by atoms with Gasteiger partial charge in [0.25, 0.3) is 0 Å². The number of fused-ring (bicyclic) bond motifs is 1. The van der Waals surface area contributed by atoms with Crippen LogP contribution in [0.2, 0.25) is 0 Å². The smallest absolute Gasteiger partial charge is 0.160 e. The summed E-state index contributed by atoms with van der Waals surface area (Å²) in [5.41, 5.74) is 0.772. The van der Waals surface area contributed by atoms with Gasteiger partial charge in [0.15, 0.2) is 5.65 Å². The third kappa shape index (κ3) is 2.55. The highest BCUT2D eigenvalue weighted by Gasteiger charge is 2.30. The topological polar surface area (TPSA) is 84.3 Å². The summed E-state index contributed by atoms with van der Waals surface area (Å²) in [5.74, 6) is 0.866. The van der Waals surface area contributed by atoms with E-state index in [-0.39, 0.29) is 0 Å². The lowest BCUT2D eigenvalue weighted by Crippen LogP contribution is -2.34. The minimum atomic E-state index is 0.418. The first-order valence-corrected chi connectivity index (χ1v) is 8.59. The molecule has 0 radical (unpaired) electrons. The molecule has 8 heteroatoms. The van der Waals surface area contributed by atoms with Gasteiger partial charge in [-0.25, -0.2) is 9.97 Å². The van der Waals surface area contributed by atoms with Crippen molar-refractivity contribution >= 4 is 39.4 Å². The van der Waals surface area contributed by atoms with E-state index in [4.69, 9.17) is 0 Å². The molecule has 0 bridgehead atoms. The zero-order valence-electron chi connectivity index (χ0n) is 11.9. The van der Waals surface area contributed by atoms with Crippen molar-refractivity contribution in [3.8, 4) is 0 Å². The van der Waals surface area contributed by atoms with Crippen molar-refractivity contribution in [2.75, 3.05) is 5.32 Å². The standard InChI is InChI=1S/C14H16IN7/c15-11-6-9(2-3-12(11)22-5-1-4-19-22)20-13-10-7-18-21-14(10)17-8-16-13/h1,4-5,7-9,11-12H,2-3,6H2,(H2,16,17,18,20,21). The minimum Gasteiger partial charge on any atom is -0.367 e. The first-order chi connectivity index (χ1) is 10.8. The van der Waals surface area contributed by atoms with Crippen molar-refractivity contribution < 1.29 is 0 Å². The van der Waals surface area contributed by atoms with Crippen molar-refractivity contribution in [1.82, 2.24) is 29.9 Å². The third-order valence-electron chi connectivity index (χ3n) is 4.19. The van der Waals surface area contributed by atoms with E-state index in [9.17, 15) is 0 Å². The summed E-state index contributed by atoms with van der Waals surface area (Å²) in [7, 11) is 0. The Balaban J connectivity index is 1.48. The van der Waals surface area contributed by atoms with Crippen molar-refractivity contribution in [3.05, 3.63) is 31.0 Å². The molecule has 3 aromatic rings. The molecule has 0 spiro atoms. The number of nitrogens with zero attached hydrogens (tertiary/aromatic N) is 5. The van der Waals surface area contributed by atoms with Crippen LogP contribution in [0.25, 0.3) is 11.0 Å². The van der Waals surface area contributed by atoms with Gasteiger partial charge in [-0.05, 0) is 25.3 Å². The van der Waals surface area contributed by atoms with E-state index in [0.29, 0.717) is 16.0 Å². The molecule has 1 aliphatic rings. The number of halogens is 1. The minimum absolute atomic E-state index is 0.418. The third-order valence-corrected chi connectivity index (χ3v) is 5.53. The van der Waals surface area contributed by atoms with Gasteiger partial charge in [-0.3, -0.25) is 9.78 Å². The normalized spacial score (nSPS) is 25.4. The lowest BCUT2D eigenvalue weighted by Gasteiger charge is -2.33. The lowest BCUT2D eigenvalue weighted by atomic mass is 9.91. The van der Waals surface area contributed by atoms with Gasteiger partial charge in [0.2, 0.25) is 0 Å². The van der Waals surface area contributed by atoms with Gasteiger partial charge in [-0.15, -0.1) is 0 Å². The zero-order chi connectivity index (χ0) is 14.9. The van der Waals surface area contributed by atoms with Crippen LogP contribution in [0.15, 0.2) is 31.0 Å². The molecule has 3 aromatic heterocycles. The summed E-state index contributed by atoms with van der Waals surface area (Å²) in [6, 6.07) is 2.89. The molecule has 1 fully saturated rings. The molecule has 3 heterocycles. The van der Waals surface area contributed by atoms with Gasteiger partial charge in [0.05, 0.1) is 17.6 Å². The van der Waals surface area contributed by atoms with E-state index in [1.807, 2.05) is 12.3 Å². The molecule has 4 rings (SSSR count). The van der Waals surface area contributed by atoms with E-state index < -0.39 is 0 Å². The predicted octanol–water partition coefficient (Wildman–Crippen LogP) is 2.56. The number of rotatable bonds is 3. The number of H-pyrrole nitrogens is 1. The number of hydrogen-bond acceptors (Lipinski definition) is 5. The number of aromatic nitrogens is 6. The first kappa shape index (κ1) is 13.9. The fourth-order valence-corrected chi connectivity index (χ4v) is 4.38. The SMILES string of the molecule is IC1CC(Nc2ncnc3[nH]ncc23)CCC1n1cccn1. The molecule has 1 saturated carbocycles. The van der Waals surface area contributed by atoms with E-state index in [1.165, 1.54) is 0 Å². The van der Waals surface area contributed by atoms with Crippen LogP contribution < -0.4 is 5.32 Å². The molecule has 0 aromatic carbocycles. The van der Waals surface area contributed by atoms with Crippen LogP contribution in [0.3, 0.4) is 0 Å². The van der Waals surface area contributed by atoms with Crippen LogP contribution in [-0.2, 0) is 0 Å². The number of anilines is 1. The van der Waals surface area contributed by atoms with Crippen molar-refractivity contribution in [1.29, 1.82) is 0 Å². The molecule has 0 saturated heterocycles. The Morgan fingerprint density at radius 2 is 2.27 bits per heavy atom. The van der Waals surface area contributed by atoms with Gasteiger partial charge in [0.1, 0.15) is 12.1 Å². The Labute approximate surface area is 141 Å². The first-order valence-electron chi connectivity index (χ1n) is 7.35. The molecule has 0 amide bonds. The van der Waals surface area contributed by atoms with Crippen LogP contribution in [0.1, 0.15) is 25.3 Å². The highest BCUT2D eigenvalue weighted by molar-refractivity contribution is 14.1. The maximum Gasteiger partial charge on any atom is 0.160 e. The molecule has 2 N–H and O–H groups in total. The summed E-state index contributed by atoms with van der Waals surface area (Å²) >= 11 is 2.54. The Bertz CT molecular complexity index is 753. The molecular formula is C14H16IN7. The van der Waals surface area contributed by atoms with Crippen molar-refractivity contribution in [3.63, 3.8) is 0 Å². The van der Waals surface area contributed by atoms with Crippen molar-refractivity contribution in [2.24, 2.45) is 0 Å². The Kier molecular flexibility index (Phi) is 3.68. The second kappa shape index (κ2) is 5.82. The second-order valence-electron chi connectivity index (χ2n) is 5.58. The Morgan fingerprint density at radius 1 is 1.32 bits per heavy atom. The summed E-state index contributed by atoms with van der Waals surface area (Å²) < 4.78 is 2.64. The van der Waals surface area contributed by atoms with Gasteiger partial charge >= 0.3 is 0 Å².